The van der Waals surface area contributed by atoms with Gasteiger partial charge in [0.25, 0.3) is 5.56 Å². The fraction of sp³-hybridized carbons (Fsp3) is 0.500. The van der Waals surface area contributed by atoms with Gasteiger partial charge in [-0.05, 0) is 43.3 Å². The van der Waals surface area contributed by atoms with E-state index in [0.717, 1.165) is 5.39 Å². The summed E-state index contributed by atoms with van der Waals surface area (Å²) in [5, 5.41) is 13.3. The number of pyridine rings is 1. The van der Waals surface area contributed by atoms with E-state index in [4.69, 9.17) is 14.2 Å². The molecule has 1 atom stereocenters. The summed E-state index contributed by atoms with van der Waals surface area (Å²) in [6.07, 6.45) is 0. The average molecular weight is 412 g/mol. The van der Waals surface area contributed by atoms with E-state index in [-0.39, 0.29) is 17.9 Å². The van der Waals surface area contributed by atoms with Crippen molar-refractivity contribution in [1.29, 1.82) is 0 Å². The molecule has 2 aromatic heterocycles. The van der Waals surface area contributed by atoms with Gasteiger partial charge in [-0.1, -0.05) is 0 Å². The minimum Gasteiger partial charge on any atom is -0.454 e. The van der Waals surface area contributed by atoms with Gasteiger partial charge in [0.15, 0.2) is 17.3 Å². The molecule has 1 aromatic carbocycles. The number of aromatic nitrogens is 5. The third kappa shape index (κ3) is 3.21. The number of nitrogens with zero attached hydrogens (tertiary/aromatic N) is 5. The van der Waals surface area contributed by atoms with Crippen molar-refractivity contribution in [3.63, 3.8) is 0 Å². The minimum atomic E-state index is -0.401. The van der Waals surface area contributed by atoms with Crippen LogP contribution in [-0.4, -0.2) is 63.2 Å². The highest BCUT2D eigenvalue weighted by molar-refractivity contribution is 5.83. The summed E-state index contributed by atoms with van der Waals surface area (Å²) >= 11 is 0. The second-order valence-electron chi connectivity index (χ2n) is 8.52. The molecule has 4 heterocycles. The molecule has 0 unspecified atom stereocenters. The van der Waals surface area contributed by atoms with Crippen molar-refractivity contribution < 1.29 is 14.2 Å². The lowest BCUT2D eigenvalue weighted by Crippen LogP contribution is -2.43. The summed E-state index contributed by atoms with van der Waals surface area (Å²) in [5.41, 5.74) is 0.771. The molecule has 1 saturated heterocycles. The molecule has 0 spiro atoms. The van der Waals surface area contributed by atoms with Crippen LogP contribution in [0.3, 0.4) is 0 Å². The Morgan fingerprint density at radius 2 is 1.83 bits per heavy atom. The monoisotopic (exact) mass is 412 g/mol. The van der Waals surface area contributed by atoms with E-state index in [0.29, 0.717) is 54.7 Å². The maximum absolute atomic E-state index is 13.2. The smallest absolute Gasteiger partial charge is 0.253 e. The van der Waals surface area contributed by atoms with E-state index in [1.807, 2.05) is 32.9 Å². The molecule has 1 N–H and O–H groups in total. The summed E-state index contributed by atoms with van der Waals surface area (Å²) in [6, 6.07) is 5.19. The first-order valence-electron chi connectivity index (χ1n) is 9.99. The Balaban J connectivity index is 1.69. The fourth-order valence-corrected chi connectivity index (χ4v) is 3.99. The van der Waals surface area contributed by atoms with Crippen LogP contribution in [0.25, 0.3) is 10.9 Å². The highest BCUT2D eigenvalue weighted by atomic mass is 16.7. The normalized spacial score (nSPS) is 18.1. The number of tetrazole rings is 1. The van der Waals surface area contributed by atoms with Gasteiger partial charge in [0.1, 0.15) is 6.04 Å². The van der Waals surface area contributed by atoms with Crippen molar-refractivity contribution >= 4 is 10.9 Å². The molecule has 2 aliphatic heterocycles. The summed E-state index contributed by atoms with van der Waals surface area (Å²) in [4.78, 5) is 18.4. The standard InChI is InChI=1S/C20H24N6O4/c1-20(2,3)26-18(22-23-24-26)17(25-4-6-28-7-5-25)13-8-12-9-15-16(30-11-29-15)10-14(12)21-19(13)27/h8-10,17H,4-7,11H2,1-3H3,(H,21,27)/t17-/m1/s1. The molecule has 3 aromatic rings. The number of rotatable bonds is 3. The van der Waals surface area contributed by atoms with Crippen LogP contribution in [0.1, 0.15) is 38.2 Å². The van der Waals surface area contributed by atoms with Crippen LogP contribution >= 0.6 is 0 Å². The Morgan fingerprint density at radius 3 is 2.57 bits per heavy atom. The Morgan fingerprint density at radius 1 is 1.10 bits per heavy atom. The van der Waals surface area contributed by atoms with Gasteiger partial charge in [0, 0.05) is 30.1 Å². The van der Waals surface area contributed by atoms with E-state index in [2.05, 4.69) is 25.4 Å². The molecule has 0 saturated carbocycles. The summed E-state index contributed by atoms with van der Waals surface area (Å²) in [7, 11) is 0. The maximum atomic E-state index is 13.2. The van der Waals surface area contributed by atoms with Crippen molar-refractivity contribution in [2.24, 2.45) is 0 Å². The van der Waals surface area contributed by atoms with Gasteiger partial charge >= 0.3 is 0 Å². The molecule has 5 rings (SSSR count). The largest absolute Gasteiger partial charge is 0.454 e. The Hall–Kier alpha value is -2.98. The number of aromatic amines is 1. The van der Waals surface area contributed by atoms with E-state index in [1.165, 1.54) is 0 Å². The Bertz CT molecular complexity index is 1140. The first kappa shape index (κ1) is 19.0. The van der Waals surface area contributed by atoms with Crippen molar-refractivity contribution in [3.05, 3.63) is 39.9 Å². The third-order valence-electron chi connectivity index (χ3n) is 5.45. The average Bonchev–Trinajstić information content (AvgIpc) is 3.37. The first-order chi connectivity index (χ1) is 14.4. The highest BCUT2D eigenvalue weighted by Gasteiger charge is 2.34. The van der Waals surface area contributed by atoms with Crippen LogP contribution in [0.2, 0.25) is 0 Å². The van der Waals surface area contributed by atoms with Crippen LogP contribution in [0.15, 0.2) is 23.0 Å². The molecule has 10 nitrogen and oxygen atoms in total. The number of hydrogen-bond donors (Lipinski definition) is 1. The van der Waals surface area contributed by atoms with Gasteiger partial charge in [-0.2, -0.15) is 0 Å². The van der Waals surface area contributed by atoms with Crippen molar-refractivity contribution in [2.45, 2.75) is 32.4 Å². The highest BCUT2D eigenvalue weighted by Crippen LogP contribution is 2.36. The molecule has 30 heavy (non-hydrogen) atoms. The fourth-order valence-electron chi connectivity index (χ4n) is 3.99. The molecule has 10 heteroatoms. The lowest BCUT2D eigenvalue weighted by molar-refractivity contribution is 0.0206. The maximum Gasteiger partial charge on any atom is 0.253 e. The van der Waals surface area contributed by atoms with Crippen LogP contribution in [0, 0.1) is 0 Å². The Labute approximate surface area is 172 Å². The molecular formula is C20H24N6O4. The molecule has 0 radical (unpaired) electrons. The second kappa shape index (κ2) is 7.06. The van der Waals surface area contributed by atoms with E-state index >= 15 is 0 Å². The summed E-state index contributed by atoms with van der Waals surface area (Å²) < 4.78 is 18.3. The molecule has 2 aliphatic rings. The number of morpholine rings is 1. The van der Waals surface area contributed by atoms with Gasteiger partial charge in [-0.25, -0.2) is 4.68 Å². The van der Waals surface area contributed by atoms with E-state index in [1.54, 1.807) is 10.7 Å². The zero-order chi connectivity index (χ0) is 20.9. The molecule has 158 valence electrons. The second-order valence-corrected chi connectivity index (χ2v) is 8.52. The lowest BCUT2D eigenvalue weighted by Gasteiger charge is -2.34. The molecule has 0 aliphatic carbocycles. The van der Waals surface area contributed by atoms with Gasteiger partial charge in [0.2, 0.25) is 6.79 Å². The van der Waals surface area contributed by atoms with E-state index in [9.17, 15) is 4.79 Å². The topological polar surface area (TPSA) is 107 Å². The number of nitrogens with one attached hydrogen (secondary N) is 1. The zero-order valence-corrected chi connectivity index (χ0v) is 17.2. The van der Waals surface area contributed by atoms with Crippen LogP contribution < -0.4 is 15.0 Å². The number of benzene rings is 1. The number of ether oxygens (including phenoxy) is 3. The first-order valence-corrected chi connectivity index (χ1v) is 9.99. The Kier molecular flexibility index (Phi) is 4.48. The van der Waals surface area contributed by atoms with Crippen LogP contribution in [0.4, 0.5) is 0 Å². The SMILES string of the molecule is CC(C)(C)n1nnnc1[C@@H](c1cc2cc3c(cc2[nH]c1=O)OCO3)N1CCOCC1. The van der Waals surface area contributed by atoms with E-state index < -0.39 is 6.04 Å². The van der Waals surface area contributed by atoms with Gasteiger partial charge in [0.05, 0.1) is 24.3 Å². The molecule has 0 bridgehead atoms. The molecule has 0 amide bonds. The number of hydrogen-bond acceptors (Lipinski definition) is 8. The van der Waals surface area contributed by atoms with Crippen molar-refractivity contribution in [1.82, 2.24) is 30.1 Å². The summed E-state index contributed by atoms with van der Waals surface area (Å²) in [5.74, 6) is 1.94. The third-order valence-corrected chi connectivity index (χ3v) is 5.45. The van der Waals surface area contributed by atoms with Gasteiger partial charge < -0.3 is 19.2 Å². The van der Waals surface area contributed by atoms with Gasteiger partial charge in [-0.15, -0.1) is 5.10 Å². The summed E-state index contributed by atoms with van der Waals surface area (Å²) in [6.45, 7) is 8.84. The predicted octanol–water partition coefficient (Wildman–Crippen LogP) is 1.42. The predicted molar refractivity (Wildman–Crippen MR) is 108 cm³/mol. The van der Waals surface area contributed by atoms with Gasteiger partial charge in [-0.3, -0.25) is 9.69 Å². The number of H-pyrrole nitrogens is 1. The lowest BCUT2D eigenvalue weighted by atomic mass is 10.0. The quantitative estimate of drug-likeness (QED) is 0.688. The van der Waals surface area contributed by atoms with Crippen molar-refractivity contribution in [3.8, 4) is 11.5 Å². The zero-order valence-electron chi connectivity index (χ0n) is 17.2. The minimum absolute atomic E-state index is 0.179. The number of fused-ring (bicyclic) bond motifs is 2. The van der Waals surface area contributed by atoms with Crippen molar-refractivity contribution in [2.75, 3.05) is 33.1 Å². The molecular weight excluding hydrogens is 388 g/mol. The van der Waals surface area contributed by atoms with Crippen LogP contribution in [-0.2, 0) is 10.3 Å². The van der Waals surface area contributed by atoms with Crippen LogP contribution in [0.5, 0.6) is 11.5 Å². The molecule has 1 fully saturated rings.